The number of nitrogens with zero attached hydrogens (tertiary/aromatic N) is 2. The van der Waals surface area contributed by atoms with Gasteiger partial charge in [0.1, 0.15) is 5.75 Å². The number of alkyl halides is 2. The first-order chi connectivity index (χ1) is 9.97. The van der Waals surface area contributed by atoms with Gasteiger partial charge in [-0.15, -0.1) is 0 Å². The molecule has 0 radical (unpaired) electrons. The largest absolute Gasteiger partial charge is 0.435 e. The highest BCUT2D eigenvalue weighted by molar-refractivity contribution is 6.07. The van der Waals surface area contributed by atoms with Crippen molar-refractivity contribution >= 4 is 11.9 Å². The van der Waals surface area contributed by atoms with Crippen LogP contribution in [0.2, 0.25) is 0 Å². The van der Waals surface area contributed by atoms with Crippen LogP contribution in [0.25, 0.3) is 6.08 Å². The van der Waals surface area contributed by atoms with Crippen LogP contribution in [0.1, 0.15) is 21.6 Å². The summed E-state index contributed by atoms with van der Waals surface area (Å²) < 4.78 is 29.9. The van der Waals surface area contributed by atoms with Crippen LogP contribution < -0.4 is 4.74 Å². The van der Waals surface area contributed by atoms with Gasteiger partial charge in [-0.05, 0) is 30.7 Å². The number of ether oxygens (including phenoxy) is 1. The second-order valence-corrected chi connectivity index (χ2v) is 4.41. The first-order valence-corrected chi connectivity index (χ1v) is 6.23. The van der Waals surface area contributed by atoms with E-state index in [1.54, 1.807) is 29.9 Å². The molecule has 0 bridgehead atoms. The van der Waals surface area contributed by atoms with Crippen molar-refractivity contribution in [1.82, 2.24) is 9.78 Å². The minimum atomic E-state index is -2.85. The van der Waals surface area contributed by atoms with Crippen LogP contribution in [-0.4, -0.2) is 22.2 Å². The molecule has 0 fully saturated rings. The summed E-state index contributed by atoms with van der Waals surface area (Å²) in [6, 6.07) is 6.03. The number of carbonyl (C=O) groups excluding carboxylic acids is 1. The average Bonchev–Trinajstić information content (AvgIpc) is 2.77. The summed E-state index contributed by atoms with van der Waals surface area (Å²) in [5, 5.41) is 4.01. The number of benzene rings is 1. The van der Waals surface area contributed by atoms with E-state index < -0.39 is 6.61 Å². The van der Waals surface area contributed by atoms with E-state index in [0.29, 0.717) is 11.1 Å². The molecule has 0 saturated heterocycles. The molecule has 0 saturated carbocycles. The molecule has 0 N–H and O–H groups in total. The molecule has 1 heterocycles. The molecule has 2 aromatic rings. The van der Waals surface area contributed by atoms with Crippen LogP contribution >= 0.6 is 0 Å². The highest BCUT2D eigenvalue weighted by atomic mass is 19.3. The minimum Gasteiger partial charge on any atom is -0.435 e. The van der Waals surface area contributed by atoms with Crippen LogP contribution in [0.4, 0.5) is 8.78 Å². The van der Waals surface area contributed by atoms with E-state index in [2.05, 4.69) is 9.84 Å². The molecule has 0 aliphatic rings. The standard InChI is InChI=1S/C15H14F2N2O2/c1-10-13(9-18-19(10)2)14(20)8-5-11-3-6-12(7-4-11)21-15(16)17/h3-9,15H,1-2H3/b8-5+. The van der Waals surface area contributed by atoms with E-state index in [4.69, 9.17) is 0 Å². The summed E-state index contributed by atoms with van der Waals surface area (Å²) >= 11 is 0. The Hall–Kier alpha value is -2.50. The molecular weight excluding hydrogens is 278 g/mol. The Morgan fingerprint density at radius 3 is 2.52 bits per heavy atom. The van der Waals surface area contributed by atoms with Crippen LogP contribution in [0.5, 0.6) is 5.75 Å². The van der Waals surface area contributed by atoms with Gasteiger partial charge in [-0.25, -0.2) is 0 Å². The lowest BCUT2D eigenvalue weighted by Gasteiger charge is -2.03. The van der Waals surface area contributed by atoms with E-state index in [1.165, 1.54) is 24.4 Å². The summed E-state index contributed by atoms with van der Waals surface area (Å²) in [7, 11) is 1.76. The molecule has 0 aliphatic heterocycles. The molecule has 1 aromatic carbocycles. The van der Waals surface area contributed by atoms with Gasteiger partial charge in [-0.2, -0.15) is 13.9 Å². The fraction of sp³-hybridized carbons (Fsp3) is 0.200. The normalized spacial score (nSPS) is 11.3. The summed E-state index contributed by atoms with van der Waals surface area (Å²) in [6.07, 6.45) is 4.55. The molecule has 2 rings (SSSR count). The number of hydrogen-bond acceptors (Lipinski definition) is 3. The highest BCUT2D eigenvalue weighted by Gasteiger charge is 2.09. The molecule has 6 heteroatoms. The predicted octanol–water partition coefficient (Wildman–Crippen LogP) is 3.23. The first kappa shape index (κ1) is 14.9. The predicted molar refractivity (Wildman–Crippen MR) is 74.4 cm³/mol. The monoisotopic (exact) mass is 292 g/mol. The van der Waals surface area contributed by atoms with Gasteiger partial charge in [-0.1, -0.05) is 18.2 Å². The van der Waals surface area contributed by atoms with Crippen molar-refractivity contribution < 1.29 is 18.3 Å². The Morgan fingerprint density at radius 2 is 2.00 bits per heavy atom. The number of aryl methyl sites for hydroxylation is 1. The maximum atomic E-state index is 12.0. The second kappa shape index (κ2) is 6.30. The number of halogens is 2. The molecule has 1 aromatic heterocycles. The lowest BCUT2D eigenvalue weighted by atomic mass is 10.1. The Balaban J connectivity index is 2.07. The van der Waals surface area contributed by atoms with Gasteiger partial charge >= 0.3 is 6.61 Å². The van der Waals surface area contributed by atoms with Crippen LogP contribution in [0, 0.1) is 6.92 Å². The maximum absolute atomic E-state index is 12.0. The maximum Gasteiger partial charge on any atom is 0.387 e. The third-order valence-electron chi connectivity index (χ3n) is 3.03. The number of carbonyl (C=O) groups is 1. The van der Waals surface area contributed by atoms with Crippen molar-refractivity contribution in [3.63, 3.8) is 0 Å². The molecule has 21 heavy (non-hydrogen) atoms. The Kier molecular flexibility index (Phi) is 4.47. The lowest BCUT2D eigenvalue weighted by Crippen LogP contribution is -2.01. The van der Waals surface area contributed by atoms with Crippen molar-refractivity contribution in [3.05, 3.63) is 53.4 Å². The number of ketones is 1. The highest BCUT2D eigenvalue weighted by Crippen LogP contribution is 2.16. The summed E-state index contributed by atoms with van der Waals surface area (Å²) in [6.45, 7) is -1.04. The minimum absolute atomic E-state index is 0.0802. The Bertz CT molecular complexity index is 661. The van der Waals surface area contributed by atoms with Crippen molar-refractivity contribution in [3.8, 4) is 5.75 Å². The molecule has 0 unspecified atom stereocenters. The van der Waals surface area contributed by atoms with Crippen LogP contribution in [0.3, 0.4) is 0 Å². The number of rotatable bonds is 5. The smallest absolute Gasteiger partial charge is 0.387 e. The zero-order valence-electron chi connectivity index (χ0n) is 11.6. The zero-order valence-corrected chi connectivity index (χ0v) is 11.6. The molecule has 0 aliphatic carbocycles. The number of allylic oxidation sites excluding steroid dienone is 1. The fourth-order valence-electron chi connectivity index (χ4n) is 1.76. The number of aromatic nitrogens is 2. The quantitative estimate of drug-likeness (QED) is 0.628. The third-order valence-corrected chi connectivity index (χ3v) is 3.03. The summed E-state index contributed by atoms with van der Waals surface area (Å²) in [5.74, 6) is -0.0786. The van der Waals surface area contributed by atoms with Crippen molar-refractivity contribution in [1.29, 1.82) is 0 Å². The van der Waals surface area contributed by atoms with Crippen LogP contribution in [-0.2, 0) is 7.05 Å². The van der Waals surface area contributed by atoms with Gasteiger partial charge in [0.2, 0.25) is 0 Å². The third kappa shape index (κ3) is 3.75. The van der Waals surface area contributed by atoms with Gasteiger partial charge in [0.15, 0.2) is 5.78 Å². The molecule has 0 amide bonds. The SMILES string of the molecule is Cc1c(C(=O)/C=C/c2ccc(OC(F)F)cc2)cnn1C. The van der Waals surface area contributed by atoms with Gasteiger partial charge in [-0.3, -0.25) is 9.48 Å². The Morgan fingerprint density at radius 1 is 1.33 bits per heavy atom. The van der Waals surface area contributed by atoms with Gasteiger partial charge < -0.3 is 4.74 Å². The molecular formula is C15H14F2N2O2. The Labute approximate surface area is 120 Å². The zero-order chi connectivity index (χ0) is 15.4. The van der Waals surface area contributed by atoms with Crippen molar-refractivity contribution in [2.45, 2.75) is 13.5 Å². The van der Waals surface area contributed by atoms with Crippen molar-refractivity contribution in [2.24, 2.45) is 7.05 Å². The van der Waals surface area contributed by atoms with Gasteiger partial charge in [0, 0.05) is 12.7 Å². The van der Waals surface area contributed by atoms with E-state index in [0.717, 1.165) is 5.69 Å². The second-order valence-electron chi connectivity index (χ2n) is 4.41. The molecule has 0 atom stereocenters. The van der Waals surface area contributed by atoms with Gasteiger partial charge in [0.05, 0.1) is 11.8 Å². The molecule has 4 nitrogen and oxygen atoms in total. The van der Waals surface area contributed by atoms with Gasteiger partial charge in [0.25, 0.3) is 0 Å². The average molecular weight is 292 g/mol. The number of hydrogen-bond donors (Lipinski definition) is 0. The summed E-state index contributed by atoms with van der Waals surface area (Å²) in [4.78, 5) is 12.0. The van der Waals surface area contributed by atoms with E-state index in [9.17, 15) is 13.6 Å². The lowest BCUT2D eigenvalue weighted by molar-refractivity contribution is -0.0498. The van der Waals surface area contributed by atoms with E-state index in [1.807, 2.05) is 6.92 Å². The summed E-state index contributed by atoms with van der Waals surface area (Å²) in [5.41, 5.74) is 2.03. The van der Waals surface area contributed by atoms with E-state index in [-0.39, 0.29) is 11.5 Å². The topological polar surface area (TPSA) is 44.1 Å². The van der Waals surface area contributed by atoms with Crippen molar-refractivity contribution in [2.75, 3.05) is 0 Å². The fourth-order valence-corrected chi connectivity index (χ4v) is 1.76. The molecule has 0 spiro atoms. The molecule has 110 valence electrons. The van der Waals surface area contributed by atoms with Crippen LogP contribution in [0.15, 0.2) is 36.5 Å². The first-order valence-electron chi connectivity index (χ1n) is 6.23. The van der Waals surface area contributed by atoms with E-state index >= 15 is 0 Å².